The summed E-state index contributed by atoms with van der Waals surface area (Å²) in [5.41, 5.74) is 0. The van der Waals surface area contributed by atoms with Crippen LogP contribution in [0.25, 0.3) is 0 Å². The van der Waals surface area contributed by atoms with Crippen molar-refractivity contribution in [2.75, 3.05) is 19.1 Å². The molecule has 0 heterocycles. The van der Waals surface area contributed by atoms with Gasteiger partial charge in [0.25, 0.3) is 0 Å². The van der Waals surface area contributed by atoms with Crippen molar-refractivity contribution >= 4 is 23.5 Å². The van der Waals surface area contributed by atoms with E-state index in [-0.39, 0.29) is 5.33 Å². The molecule has 0 spiro atoms. The lowest BCUT2D eigenvalue weighted by Gasteiger charge is -2.12. The molecule has 0 radical (unpaired) electrons. The number of rotatable bonds is 4. The second kappa shape index (κ2) is 4.44. The molecular weight excluding hydrogens is 226 g/mol. The van der Waals surface area contributed by atoms with Crippen LogP contribution in [0, 0.1) is 0 Å². The molecule has 0 aromatic rings. The standard InChI is InChI=1S/C4H9BrFO3P/c1-8-10(2,7)9-4(6)3-5/h4H,3H2,1-2H3. The average molecular weight is 235 g/mol. The first-order valence-corrected chi connectivity index (χ1v) is 5.64. The van der Waals surface area contributed by atoms with Crippen LogP contribution >= 0.6 is 23.5 Å². The van der Waals surface area contributed by atoms with Crippen molar-refractivity contribution in [3.8, 4) is 0 Å². The number of hydrogen-bond donors (Lipinski definition) is 0. The molecule has 0 saturated heterocycles. The zero-order valence-electron chi connectivity index (χ0n) is 5.71. The topological polar surface area (TPSA) is 35.5 Å². The molecule has 0 aliphatic carbocycles. The highest BCUT2D eigenvalue weighted by atomic mass is 79.9. The fourth-order valence-electron chi connectivity index (χ4n) is 0.279. The van der Waals surface area contributed by atoms with Gasteiger partial charge in [-0.25, -0.2) is 4.39 Å². The summed E-state index contributed by atoms with van der Waals surface area (Å²) in [7, 11) is -1.94. The van der Waals surface area contributed by atoms with Gasteiger partial charge in [-0.3, -0.25) is 9.09 Å². The fourth-order valence-corrected chi connectivity index (χ4v) is 1.19. The van der Waals surface area contributed by atoms with Gasteiger partial charge in [0, 0.05) is 13.8 Å². The van der Waals surface area contributed by atoms with E-state index < -0.39 is 14.0 Å². The van der Waals surface area contributed by atoms with Crippen LogP contribution in [0.5, 0.6) is 0 Å². The highest BCUT2D eigenvalue weighted by Crippen LogP contribution is 2.44. The van der Waals surface area contributed by atoms with Crippen LogP contribution < -0.4 is 0 Å². The van der Waals surface area contributed by atoms with E-state index in [1.807, 2.05) is 0 Å². The van der Waals surface area contributed by atoms with Crippen LogP contribution in [0.3, 0.4) is 0 Å². The van der Waals surface area contributed by atoms with E-state index in [0.29, 0.717) is 0 Å². The van der Waals surface area contributed by atoms with Crippen molar-refractivity contribution in [1.29, 1.82) is 0 Å². The molecule has 0 bridgehead atoms. The van der Waals surface area contributed by atoms with E-state index in [0.717, 1.165) is 0 Å². The normalized spacial score (nSPS) is 20.0. The van der Waals surface area contributed by atoms with E-state index in [1.54, 1.807) is 0 Å². The molecule has 3 nitrogen and oxygen atoms in total. The van der Waals surface area contributed by atoms with E-state index in [9.17, 15) is 8.96 Å². The van der Waals surface area contributed by atoms with Crippen LogP contribution in [-0.4, -0.2) is 25.5 Å². The summed E-state index contributed by atoms with van der Waals surface area (Å²) >= 11 is 2.82. The highest BCUT2D eigenvalue weighted by Gasteiger charge is 2.19. The molecule has 0 aromatic carbocycles. The first kappa shape index (κ1) is 10.6. The molecule has 0 aromatic heterocycles. The molecule has 0 amide bonds. The molecule has 0 aliphatic heterocycles. The van der Waals surface area contributed by atoms with Gasteiger partial charge < -0.3 is 4.52 Å². The molecular formula is C4H9BrFO3P. The van der Waals surface area contributed by atoms with Gasteiger partial charge in [0.15, 0.2) is 0 Å². The maximum Gasteiger partial charge on any atom is 0.329 e. The van der Waals surface area contributed by atoms with E-state index in [1.165, 1.54) is 13.8 Å². The van der Waals surface area contributed by atoms with Crippen LogP contribution in [0.1, 0.15) is 0 Å². The Morgan fingerprint density at radius 1 is 1.80 bits per heavy atom. The Bertz CT molecular complexity index is 142. The summed E-state index contributed by atoms with van der Waals surface area (Å²) in [4.78, 5) is 0. The number of hydrogen-bond acceptors (Lipinski definition) is 3. The highest BCUT2D eigenvalue weighted by molar-refractivity contribution is 9.09. The molecule has 2 atom stereocenters. The molecule has 2 unspecified atom stereocenters. The molecule has 0 fully saturated rings. The largest absolute Gasteiger partial charge is 0.329 e. The van der Waals surface area contributed by atoms with Gasteiger partial charge in [-0.15, -0.1) is 0 Å². The van der Waals surface area contributed by atoms with E-state index in [4.69, 9.17) is 0 Å². The smallest absolute Gasteiger partial charge is 0.312 e. The summed E-state index contributed by atoms with van der Waals surface area (Å²) in [5.74, 6) is 0. The molecule has 6 heteroatoms. The monoisotopic (exact) mass is 234 g/mol. The second-order valence-corrected chi connectivity index (χ2v) is 4.39. The van der Waals surface area contributed by atoms with Crippen LogP contribution in [-0.2, 0) is 13.6 Å². The predicted octanol–water partition coefficient (Wildman–Crippen LogP) is 2.16. The van der Waals surface area contributed by atoms with Gasteiger partial charge in [0.05, 0.1) is 5.33 Å². The SMILES string of the molecule is COP(C)(=O)OC(F)CBr. The maximum atomic E-state index is 12.3. The summed E-state index contributed by atoms with van der Waals surface area (Å²) < 4.78 is 31.9. The Labute approximate surface area is 67.6 Å². The Balaban J connectivity index is 3.77. The van der Waals surface area contributed by atoms with E-state index >= 15 is 0 Å². The third-order valence-electron chi connectivity index (χ3n) is 0.759. The van der Waals surface area contributed by atoms with Gasteiger partial charge >= 0.3 is 7.60 Å². The third-order valence-corrected chi connectivity index (χ3v) is 2.54. The predicted molar refractivity (Wildman–Crippen MR) is 40.3 cm³/mol. The Morgan fingerprint density at radius 3 is 2.60 bits per heavy atom. The van der Waals surface area contributed by atoms with Gasteiger partial charge in [0.1, 0.15) is 0 Å². The Kier molecular flexibility index (Phi) is 4.69. The lowest BCUT2D eigenvalue weighted by atomic mass is 10.8. The maximum absolute atomic E-state index is 12.3. The Hall–Kier alpha value is 0.560. The van der Waals surface area contributed by atoms with Gasteiger partial charge in [-0.1, -0.05) is 15.9 Å². The second-order valence-electron chi connectivity index (χ2n) is 1.62. The van der Waals surface area contributed by atoms with Gasteiger partial charge in [-0.05, 0) is 0 Å². The molecule has 0 aliphatic rings. The molecule has 0 saturated carbocycles. The molecule has 0 N–H and O–H groups in total. The lowest BCUT2D eigenvalue weighted by molar-refractivity contribution is 0.0746. The van der Waals surface area contributed by atoms with Crippen LogP contribution in [0.15, 0.2) is 0 Å². The lowest BCUT2D eigenvalue weighted by Crippen LogP contribution is -2.05. The van der Waals surface area contributed by atoms with Crippen molar-refractivity contribution in [3.63, 3.8) is 0 Å². The minimum absolute atomic E-state index is 0.00576. The summed E-state index contributed by atoms with van der Waals surface area (Å²) in [6.45, 7) is 1.21. The zero-order chi connectivity index (χ0) is 8.20. The van der Waals surface area contributed by atoms with Crippen molar-refractivity contribution in [1.82, 2.24) is 0 Å². The van der Waals surface area contributed by atoms with Gasteiger partial charge in [-0.2, -0.15) is 0 Å². The fraction of sp³-hybridized carbons (Fsp3) is 1.00. The van der Waals surface area contributed by atoms with Crippen molar-refractivity contribution in [2.45, 2.75) is 6.36 Å². The van der Waals surface area contributed by atoms with Crippen molar-refractivity contribution in [3.05, 3.63) is 0 Å². The van der Waals surface area contributed by atoms with Crippen molar-refractivity contribution in [2.24, 2.45) is 0 Å². The first-order chi connectivity index (χ1) is 4.52. The molecule has 10 heavy (non-hydrogen) atoms. The number of halogens is 2. The van der Waals surface area contributed by atoms with Crippen LogP contribution in [0.4, 0.5) is 4.39 Å². The quantitative estimate of drug-likeness (QED) is 0.553. The van der Waals surface area contributed by atoms with Gasteiger partial charge in [0.2, 0.25) is 6.36 Å². The average Bonchev–Trinajstić information content (AvgIpc) is 1.87. The zero-order valence-corrected chi connectivity index (χ0v) is 8.19. The molecule has 62 valence electrons. The molecule has 0 rings (SSSR count). The third kappa shape index (κ3) is 4.39. The first-order valence-electron chi connectivity index (χ1n) is 2.53. The summed E-state index contributed by atoms with van der Waals surface area (Å²) in [6, 6.07) is 0. The summed E-state index contributed by atoms with van der Waals surface area (Å²) in [5, 5.41) is -0.00576. The van der Waals surface area contributed by atoms with Crippen molar-refractivity contribution < 1.29 is 18.0 Å². The Morgan fingerprint density at radius 2 is 2.30 bits per heavy atom. The minimum Gasteiger partial charge on any atom is -0.312 e. The number of alkyl halides is 2. The minimum atomic E-state index is -3.15. The van der Waals surface area contributed by atoms with E-state index in [2.05, 4.69) is 25.0 Å². The summed E-state index contributed by atoms with van der Waals surface area (Å²) in [6.07, 6.45) is -1.57. The van der Waals surface area contributed by atoms with Crippen LogP contribution in [0.2, 0.25) is 0 Å².